The predicted molar refractivity (Wildman–Crippen MR) is 76.8 cm³/mol. The smallest absolute Gasteiger partial charge is 0.268 e. The van der Waals surface area contributed by atoms with Crippen molar-refractivity contribution in [3.8, 4) is 5.75 Å². The Bertz CT molecular complexity index is 642. The Balaban J connectivity index is 2.59. The lowest BCUT2D eigenvalue weighted by molar-refractivity contribution is -0.126. The van der Waals surface area contributed by atoms with E-state index in [2.05, 4.69) is 0 Å². The van der Waals surface area contributed by atoms with Gasteiger partial charge in [-0.3, -0.25) is 4.79 Å². The van der Waals surface area contributed by atoms with E-state index in [1.165, 1.54) is 18.2 Å². The van der Waals surface area contributed by atoms with Crippen LogP contribution in [0.2, 0.25) is 0 Å². The number of nitrogens with zero attached hydrogens (tertiary/aromatic N) is 1. The molecule has 1 aliphatic rings. The van der Waals surface area contributed by atoms with Crippen LogP contribution in [-0.4, -0.2) is 26.5 Å². The zero-order valence-corrected chi connectivity index (χ0v) is 13.0. The minimum absolute atomic E-state index is 0.0464. The minimum atomic E-state index is -3.84. The molecule has 1 aliphatic heterocycles. The molecule has 0 spiro atoms. The number of rotatable bonds is 3. The van der Waals surface area contributed by atoms with Crippen LogP contribution in [0.4, 0.5) is 5.69 Å². The number of ether oxygens (including phenoxy) is 1. The molecule has 1 aromatic carbocycles. The summed E-state index contributed by atoms with van der Waals surface area (Å²) in [7, 11) is 1.51. The van der Waals surface area contributed by atoms with E-state index in [4.69, 9.17) is 15.4 Å². The van der Waals surface area contributed by atoms with E-state index in [0.717, 1.165) is 0 Å². The van der Waals surface area contributed by atoms with Gasteiger partial charge >= 0.3 is 0 Å². The van der Waals surface area contributed by atoms with Gasteiger partial charge in [-0.15, -0.1) is 0 Å². The van der Waals surface area contributed by atoms with E-state index in [1.807, 2.05) is 20.8 Å². The average molecular weight is 318 g/mol. The first-order chi connectivity index (χ1) is 9.25. The van der Waals surface area contributed by atoms with Crippen LogP contribution in [0.1, 0.15) is 27.2 Å². The fourth-order valence-electron chi connectivity index (χ4n) is 2.20. The summed E-state index contributed by atoms with van der Waals surface area (Å²) in [6.07, 6.45) is 0.0141. The van der Waals surface area contributed by atoms with Crippen LogP contribution in [0, 0.1) is 0 Å². The van der Waals surface area contributed by atoms with E-state index in [0.29, 0.717) is 17.9 Å². The number of anilines is 1. The van der Waals surface area contributed by atoms with Crippen LogP contribution in [-0.2, 0) is 13.8 Å². The molecular weight excluding hydrogens is 302 g/mol. The second kappa shape index (κ2) is 5.26. The Kier molecular flexibility index (Phi) is 3.97. The number of carbonyl (C=O) groups excluding carboxylic acids is 1. The predicted octanol–water partition coefficient (Wildman–Crippen LogP) is 2.53. The molecular formula is C13H16ClNO4S. The van der Waals surface area contributed by atoms with Crippen LogP contribution >= 0.6 is 10.7 Å². The van der Waals surface area contributed by atoms with Crippen molar-refractivity contribution >= 4 is 31.3 Å². The van der Waals surface area contributed by atoms with Gasteiger partial charge in [0, 0.05) is 16.7 Å². The van der Waals surface area contributed by atoms with Crippen molar-refractivity contribution in [1.29, 1.82) is 0 Å². The van der Waals surface area contributed by atoms with Crippen molar-refractivity contribution < 1.29 is 17.9 Å². The molecule has 1 unspecified atom stereocenters. The van der Waals surface area contributed by atoms with Crippen molar-refractivity contribution in [2.75, 3.05) is 4.90 Å². The monoisotopic (exact) mass is 317 g/mol. The van der Waals surface area contributed by atoms with Crippen LogP contribution < -0.4 is 9.64 Å². The topological polar surface area (TPSA) is 63.7 Å². The Morgan fingerprint density at radius 2 is 2.05 bits per heavy atom. The maximum Gasteiger partial charge on any atom is 0.268 e. The van der Waals surface area contributed by atoms with Crippen molar-refractivity contribution in [3.63, 3.8) is 0 Å². The zero-order valence-electron chi connectivity index (χ0n) is 11.5. The summed E-state index contributed by atoms with van der Waals surface area (Å²) in [5.74, 6) is 0.327. The molecule has 0 bridgehead atoms. The first kappa shape index (κ1) is 15.1. The number of fused-ring (bicyclic) bond motifs is 1. The van der Waals surface area contributed by atoms with E-state index < -0.39 is 15.2 Å². The molecule has 5 nitrogen and oxygen atoms in total. The van der Waals surface area contributed by atoms with Gasteiger partial charge in [-0.1, -0.05) is 6.92 Å². The highest BCUT2D eigenvalue weighted by Gasteiger charge is 2.35. The minimum Gasteiger partial charge on any atom is -0.478 e. The van der Waals surface area contributed by atoms with Gasteiger partial charge in [-0.2, -0.15) is 0 Å². The summed E-state index contributed by atoms with van der Waals surface area (Å²) in [5.41, 5.74) is 0.441. The number of amides is 1. The number of carbonyl (C=O) groups is 1. The normalized spacial score (nSPS) is 18.9. The first-order valence-electron chi connectivity index (χ1n) is 6.34. The molecule has 0 fully saturated rings. The lowest BCUT2D eigenvalue weighted by Gasteiger charge is -2.36. The Morgan fingerprint density at radius 1 is 1.40 bits per heavy atom. The number of hydrogen-bond donors (Lipinski definition) is 0. The summed E-state index contributed by atoms with van der Waals surface area (Å²) >= 11 is 0. The molecule has 7 heteroatoms. The summed E-state index contributed by atoms with van der Waals surface area (Å²) in [4.78, 5) is 13.8. The Labute approximate surface area is 122 Å². The quantitative estimate of drug-likeness (QED) is 0.804. The van der Waals surface area contributed by atoms with Crippen molar-refractivity contribution in [1.82, 2.24) is 0 Å². The number of halogens is 1. The van der Waals surface area contributed by atoms with Gasteiger partial charge in [0.05, 0.1) is 10.6 Å². The highest BCUT2D eigenvalue weighted by molar-refractivity contribution is 8.13. The standard InChI is InChI=1S/C13H16ClNO4S/c1-4-11-13(16)15(8(2)3)10-7-9(20(14,17)18)5-6-12(10)19-11/h5-8,11H,4H2,1-3H3. The van der Waals surface area contributed by atoms with Gasteiger partial charge in [0.25, 0.3) is 15.0 Å². The zero-order chi connectivity index (χ0) is 15.1. The van der Waals surface area contributed by atoms with Crippen molar-refractivity contribution in [3.05, 3.63) is 18.2 Å². The second-order valence-corrected chi connectivity index (χ2v) is 7.45. The van der Waals surface area contributed by atoms with Gasteiger partial charge < -0.3 is 9.64 Å². The third kappa shape index (κ3) is 2.62. The summed E-state index contributed by atoms with van der Waals surface area (Å²) in [5, 5.41) is 0. The Hall–Kier alpha value is -1.27. The molecule has 1 atom stereocenters. The number of hydrogen-bond acceptors (Lipinski definition) is 4. The lowest BCUT2D eigenvalue weighted by Crippen LogP contribution is -2.48. The van der Waals surface area contributed by atoms with Gasteiger partial charge in [0.15, 0.2) is 6.10 Å². The fraction of sp³-hybridized carbons (Fsp3) is 0.462. The fourth-order valence-corrected chi connectivity index (χ4v) is 2.98. The van der Waals surface area contributed by atoms with Gasteiger partial charge in [0.2, 0.25) is 0 Å². The van der Waals surface area contributed by atoms with Crippen molar-refractivity contribution in [2.24, 2.45) is 0 Å². The lowest BCUT2D eigenvalue weighted by atomic mass is 10.1. The van der Waals surface area contributed by atoms with Crippen molar-refractivity contribution in [2.45, 2.75) is 44.2 Å². The van der Waals surface area contributed by atoms with E-state index in [9.17, 15) is 13.2 Å². The van der Waals surface area contributed by atoms with Gasteiger partial charge in [-0.05, 0) is 38.5 Å². The highest BCUT2D eigenvalue weighted by Crippen LogP contribution is 2.38. The third-order valence-corrected chi connectivity index (χ3v) is 4.49. The van der Waals surface area contributed by atoms with Crippen LogP contribution in [0.5, 0.6) is 5.75 Å². The van der Waals surface area contributed by atoms with Crippen LogP contribution in [0.25, 0.3) is 0 Å². The average Bonchev–Trinajstić information content (AvgIpc) is 2.35. The van der Waals surface area contributed by atoms with Gasteiger partial charge in [-0.25, -0.2) is 8.42 Å². The van der Waals surface area contributed by atoms with E-state index in [-0.39, 0.29) is 16.8 Å². The molecule has 110 valence electrons. The van der Waals surface area contributed by atoms with E-state index in [1.54, 1.807) is 4.90 Å². The molecule has 0 N–H and O–H groups in total. The molecule has 1 heterocycles. The SMILES string of the molecule is CCC1Oc2ccc(S(=O)(=O)Cl)cc2N(C(C)C)C1=O. The molecule has 1 amide bonds. The largest absolute Gasteiger partial charge is 0.478 e. The third-order valence-electron chi connectivity index (χ3n) is 3.14. The first-order valence-corrected chi connectivity index (χ1v) is 8.65. The molecule has 0 aliphatic carbocycles. The molecule has 0 radical (unpaired) electrons. The maximum absolute atomic E-state index is 12.3. The Morgan fingerprint density at radius 3 is 2.55 bits per heavy atom. The molecule has 0 aromatic heterocycles. The summed E-state index contributed by atoms with van der Waals surface area (Å²) < 4.78 is 28.4. The van der Waals surface area contributed by atoms with E-state index >= 15 is 0 Å². The molecule has 2 rings (SSSR count). The number of benzene rings is 1. The van der Waals surface area contributed by atoms with Gasteiger partial charge in [0.1, 0.15) is 5.75 Å². The molecule has 20 heavy (non-hydrogen) atoms. The summed E-state index contributed by atoms with van der Waals surface area (Å²) in [6, 6.07) is 4.19. The highest BCUT2D eigenvalue weighted by atomic mass is 35.7. The molecule has 0 saturated carbocycles. The summed E-state index contributed by atoms with van der Waals surface area (Å²) in [6.45, 7) is 5.59. The van der Waals surface area contributed by atoms with Crippen LogP contribution in [0.3, 0.4) is 0 Å². The maximum atomic E-state index is 12.3. The second-order valence-electron chi connectivity index (χ2n) is 4.88. The van der Waals surface area contributed by atoms with Crippen LogP contribution in [0.15, 0.2) is 23.1 Å². The molecule has 0 saturated heterocycles. The molecule has 1 aromatic rings.